The zero-order valence-electron chi connectivity index (χ0n) is 20.1. The molecule has 1 unspecified atom stereocenters. The number of hydrogen-bond acceptors (Lipinski definition) is 6. The maximum Gasteiger partial charge on any atom is 0.469 e. The molecule has 0 rings (SSSR count). The minimum atomic E-state index is -4.70. The van der Waals surface area contributed by atoms with Gasteiger partial charge in [0.25, 0.3) is 0 Å². The normalized spacial score (nSPS) is 12.5. The van der Waals surface area contributed by atoms with Gasteiger partial charge in [0.05, 0.1) is 6.61 Å². The molecule has 0 bridgehead atoms. The van der Waals surface area contributed by atoms with Crippen LogP contribution in [0.25, 0.3) is 0 Å². The Balaban J connectivity index is 3.66. The predicted octanol–water partition coefficient (Wildman–Crippen LogP) is 5.83. The van der Waals surface area contributed by atoms with Crippen LogP contribution in [0.15, 0.2) is 0 Å². The van der Waals surface area contributed by atoms with E-state index in [2.05, 4.69) is 11.4 Å². The van der Waals surface area contributed by atoms with Crippen LogP contribution in [0.1, 0.15) is 117 Å². The number of phosphoric acid groups is 1. The molecule has 0 aromatic carbocycles. The van der Waals surface area contributed by atoms with Gasteiger partial charge < -0.3 is 19.3 Å². The van der Waals surface area contributed by atoms with Crippen molar-refractivity contribution in [1.29, 1.82) is 0 Å². The van der Waals surface area contributed by atoms with E-state index in [1.807, 2.05) is 0 Å². The van der Waals surface area contributed by atoms with Gasteiger partial charge in [0, 0.05) is 13.3 Å². The molecular formula is C23H45O8P. The molecule has 9 heteroatoms. The number of hydrogen-bond donors (Lipinski definition) is 2. The molecule has 2 N–H and O–H groups in total. The van der Waals surface area contributed by atoms with E-state index in [0.29, 0.717) is 6.42 Å². The van der Waals surface area contributed by atoms with Crippen LogP contribution in [-0.2, 0) is 28.2 Å². The molecule has 1 atom stereocenters. The van der Waals surface area contributed by atoms with E-state index in [9.17, 15) is 14.2 Å². The molecular weight excluding hydrogens is 435 g/mol. The van der Waals surface area contributed by atoms with E-state index in [0.717, 1.165) is 19.3 Å². The number of phosphoric ester groups is 1. The van der Waals surface area contributed by atoms with Crippen molar-refractivity contribution in [2.75, 3.05) is 13.2 Å². The molecule has 8 nitrogen and oxygen atoms in total. The van der Waals surface area contributed by atoms with Crippen LogP contribution >= 0.6 is 7.82 Å². The topological polar surface area (TPSA) is 119 Å². The summed E-state index contributed by atoms with van der Waals surface area (Å²) in [5, 5.41) is 0. The number of rotatable bonds is 22. The van der Waals surface area contributed by atoms with Crippen LogP contribution in [-0.4, -0.2) is 41.0 Å². The van der Waals surface area contributed by atoms with Gasteiger partial charge in [0.1, 0.15) is 6.61 Å². The van der Waals surface area contributed by atoms with Crippen LogP contribution in [0.4, 0.5) is 0 Å². The molecule has 0 aliphatic rings. The van der Waals surface area contributed by atoms with Crippen molar-refractivity contribution in [2.24, 2.45) is 0 Å². The first-order valence-corrected chi connectivity index (χ1v) is 13.8. The Morgan fingerprint density at radius 3 is 1.59 bits per heavy atom. The fourth-order valence-corrected chi connectivity index (χ4v) is 3.75. The van der Waals surface area contributed by atoms with Gasteiger partial charge in [0.2, 0.25) is 0 Å². The number of carbonyl (C=O) groups excluding carboxylic acids is 2. The van der Waals surface area contributed by atoms with Crippen molar-refractivity contribution in [2.45, 2.75) is 123 Å². The fraction of sp³-hybridized carbons (Fsp3) is 0.913. The highest BCUT2D eigenvalue weighted by molar-refractivity contribution is 7.46. The smallest absolute Gasteiger partial charge is 0.462 e. The standard InChI is InChI=1S/C23H45O8P/c1-3-4-5-6-7-8-9-10-11-12-13-14-15-16-17-18-23(25)31-22(19-29-21(2)24)20-30-32(26,27)28/h22H,3-20H2,1-2H3,(H2,26,27,28). The van der Waals surface area contributed by atoms with Crippen molar-refractivity contribution in [3.05, 3.63) is 0 Å². The molecule has 190 valence electrons. The highest BCUT2D eigenvalue weighted by Crippen LogP contribution is 2.35. The Labute approximate surface area is 194 Å². The molecule has 0 spiro atoms. The second-order valence-corrected chi connectivity index (χ2v) is 9.64. The molecule has 0 aromatic heterocycles. The predicted molar refractivity (Wildman–Crippen MR) is 124 cm³/mol. The zero-order chi connectivity index (χ0) is 24.1. The minimum Gasteiger partial charge on any atom is -0.462 e. The van der Waals surface area contributed by atoms with E-state index in [-0.39, 0.29) is 13.0 Å². The van der Waals surface area contributed by atoms with Gasteiger partial charge in [-0.25, -0.2) is 4.57 Å². The Hall–Kier alpha value is -0.950. The van der Waals surface area contributed by atoms with Gasteiger partial charge in [-0.1, -0.05) is 96.8 Å². The first-order valence-electron chi connectivity index (χ1n) is 12.3. The second-order valence-electron chi connectivity index (χ2n) is 8.40. The number of esters is 2. The third-order valence-electron chi connectivity index (χ3n) is 5.18. The molecule has 32 heavy (non-hydrogen) atoms. The van der Waals surface area contributed by atoms with E-state index in [4.69, 9.17) is 19.3 Å². The maximum atomic E-state index is 11.9. The van der Waals surface area contributed by atoms with Crippen LogP contribution < -0.4 is 0 Å². The lowest BCUT2D eigenvalue weighted by Gasteiger charge is -2.18. The van der Waals surface area contributed by atoms with Crippen LogP contribution in [0.5, 0.6) is 0 Å². The van der Waals surface area contributed by atoms with Crippen LogP contribution in [0.2, 0.25) is 0 Å². The van der Waals surface area contributed by atoms with Crippen molar-refractivity contribution < 1.29 is 37.9 Å². The molecule has 0 amide bonds. The summed E-state index contributed by atoms with van der Waals surface area (Å²) in [6, 6.07) is 0. The number of ether oxygens (including phenoxy) is 2. The average molecular weight is 481 g/mol. The summed E-state index contributed by atoms with van der Waals surface area (Å²) in [5.74, 6) is -1.07. The first-order chi connectivity index (χ1) is 15.2. The zero-order valence-corrected chi connectivity index (χ0v) is 21.0. The summed E-state index contributed by atoms with van der Waals surface area (Å²) >= 11 is 0. The van der Waals surface area contributed by atoms with Crippen LogP contribution in [0.3, 0.4) is 0 Å². The van der Waals surface area contributed by atoms with Crippen LogP contribution in [0, 0.1) is 0 Å². The highest BCUT2D eigenvalue weighted by atomic mass is 31.2. The molecule has 0 aromatic rings. The lowest BCUT2D eigenvalue weighted by atomic mass is 10.0. The Bertz CT molecular complexity index is 520. The summed E-state index contributed by atoms with van der Waals surface area (Å²) in [5.41, 5.74) is 0. The molecule has 0 saturated carbocycles. The van der Waals surface area contributed by atoms with Gasteiger partial charge in [-0.05, 0) is 6.42 Å². The Morgan fingerprint density at radius 1 is 0.750 bits per heavy atom. The quantitative estimate of drug-likeness (QED) is 0.113. The van der Waals surface area contributed by atoms with Gasteiger partial charge >= 0.3 is 19.8 Å². The molecule has 0 aliphatic heterocycles. The first kappa shape index (κ1) is 31.0. The van der Waals surface area contributed by atoms with Gasteiger partial charge in [0.15, 0.2) is 6.10 Å². The van der Waals surface area contributed by atoms with E-state index < -0.39 is 32.5 Å². The fourth-order valence-electron chi connectivity index (χ4n) is 3.39. The summed E-state index contributed by atoms with van der Waals surface area (Å²) < 4.78 is 25.0. The monoisotopic (exact) mass is 480 g/mol. The third kappa shape index (κ3) is 23.7. The summed E-state index contributed by atoms with van der Waals surface area (Å²) in [7, 11) is -4.70. The van der Waals surface area contributed by atoms with Gasteiger partial charge in [-0.2, -0.15) is 0 Å². The number of unbranched alkanes of at least 4 members (excludes halogenated alkanes) is 14. The van der Waals surface area contributed by atoms with Crippen molar-refractivity contribution in [1.82, 2.24) is 0 Å². The molecule has 0 aliphatic carbocycles. The van der Waals surface area contributed by atoms with Gasteiger partial charge in [-0.15, -0.1) is 0 Å². The van der Waals surface area contributed by atoms with Crippen molar-refractivity contribution in [3.8, 4) is 0 Å². The lowest BCUT2D eigenvalue weighted by molar-refractivity contribution is -0.160. The summed E-state index contributed by atoms with van der Waals surface area (Å²) in [6.07, 6.45) is 17.7. The SMILES string of the molecule is CCCCCCCCCCCCCCCCCC(=O)OC(COC(C)=O)COP(=O)(O)O. The Kier molecular flexibility index (Phi) is 20.0. The number of carbonyl (C=O) groups is 2. The molecule has 0 radical (unpaired) electrons. The van der Waals surface area contributed by atoms with E-state index in [1.54, 1.807) is 0 Å². The summed E-state index contributed by atoms with van der Waals surface area (Å²) in [4.78, 5) is 40.4. The van der Waals surface area contributed by atoms with Crippen molar-refractivity contribution >= 4 is 19.8 Å². The maximum absolute atomic E-state index is 11.9. The lowest BCUT2D eigenvalue weighted by Crippen LogP contribution is -2.29. The van der Waals surface area contributed by atoms with E-state index in [1.165, 1.54) is 77.6 Å². The molecule has 0 fully saturated rings. The molecule has 0 saturated heterocycles. The Morgan fingerprint density at radius 2 is 1.19 bits per heavy atom. The second kappa shape index (κ2) is 20.6. The average Bonchev–Trinajstić information content (AvgIpc) is 2.72. The largest absolute Gasteiger partial charge is 0.469 e. The van der Waals surface area contributed by atoms with Gasteiger partial charge in [-0.3, -0.25) is 14.1 Å². The third-order valence-corrected chi connectivity index (χ3v) is 5.67. The highest BCUT2D eigenvalue weighted by Gasteiger charge is 2.22. The minimum absolute atomic E-state index is 0.213. The van der Waals surface area contributed by atoms with E-state index >= 15 is 0 Å². The molecule has 0 heterocycles. The van der Waals surface area contributed by atoms with Crippen molar-refractivity contribution in [3.63, 3.8) is 0 Å². The summed E-state index contributed by atoms with van der Waals surface area (Å²) in [6.45, 7) is 2.59.